The first-order valence-corrected chi connectivity index (χ1v) is 7.05. The molecule has 0 heterocycles. The van der Waals surface area contributed by atoms with E-state index in [1.54, 1.807) is 12.1 Å². The summed E-state index contributed by atoms with van der Waals surface area (Å²) in [6.45, 7) is 4.64. The molecule has 2 aromatic carbocycles. The largest absolute Gasteiger partial charge is 0.454 e. The SMILES string of the molecule is CCNC(C)c1cccc(F)c1Oc1ccc(F)c(Cl)c1. The molecule has 0 radical (unpaired) electrons. The van der Waals surface area contributed by atoms with Crippen LogP contribution in [0.3, 0.4) is 0 Å². The molecule has 0 saturated heterocycles. The zero-order valence-corrected chi connectivity index (χ0v) is 12.5. The minimum atomic E-state index is -0.543. The number of ether oxygens (including phenoxy) is 1. The molecular weight excluding hydrogens is 296 g/mol. The van der Waals surface area contributed by atoms with E-state index in [-0.39, 0.29) is 22.6 Å². The number of benzene rings is 2. The highest BCUT2D eigenvalue weighted by atomic mass is 35.5. The Morgan fingerprint density at radius 2 is 1.95 bits per heavy atom. The lowest BCUT2D eigenvalue weighted by Crippen LogP contribution is -2.18. The van der Waals surface area contributed by atoms with Crippen molar-refractivity contribution in [2.45, 2.75) is 19.9 Å². The van der Waals surface area contributed by atoms with Gasteiger partial charge in [-0.1, -0.05) is 30.7 Å². The molecule has 0 aromatic heterocycles. The van der Waals surface area contributed by atoms with Crippen molar-refractivity contribution in [1.29, 1.82) is 0 Å². The van der Waals surface area contributed by atoms with Crippen LogP contribution in [0.25, 0.3) is 0 Å². The van der Waals surface area contributed by atoms with E-state index >= 15 is 0 Å². The van der Waals surface area contributed by atoms with Gasteiger partial charge in [0.1, 0.15) is 11.6 Å². The Balaban J connectivity index is 2.36. The van der Waals surface area contributed by atoms with Gasteiger partial charge in [-0.2, -0.15) is 0 Å². The van der Waals surface area contributed by atoms with Crippen molar-refractivity contribution in [2.24, 2.45) is 0 Å². The van der Waals surface area contributed by atoms with E-state index in [0.717, 1.165) is 6.54 Å². The van der Waals surface area contributed by atoms with Gasteiger partial charge in [0, 0.05) is 17.7 Å². The van der Waals surface area contributed by atoms with Crippen molar-refractivity contribution < 1.29 is 13.5 Å². The molecule has 0 bridgehead atoms. The molecule has 5 heteroatoms. The average Bonchev–Trinajstić information content (AvgIpc) is 2.45. The number of hydrogen-bond donors (Lipinski definition) is 1. The van der Waals surface area contributed by atoms with Gasteiger partial charge in [0.05, 0.1) is 5.02 Å². The topological polar surface area (TPSA) is 21.3 Å². The smallest absolute Gasteiger partial charge is 0.167 e. The van der Waals surface area contributed by atoms with Crippen LogP contribution in [0, 0.1) is 11.6 Å². The van der Waals surface area contributed by atoms with Gasteiger partial charge < -0.3 is 10.1 Å². The van der Waals surface area contributed by atoms with Crippen molar-refractivity contribution in [3.8, 4) is 11.5 Å². The second-order valence-corrected chi connectivity index (χ2v) is 5.02. The zero-order valence-electron chi connectivity index (χ0n) is 11.8. The normalized spacial score (nSPS) is 12.2. The summed E-state index contributed by atoms with van der Waals surface area (Å²) in [5, 5.41) is 3.14. The molecule has 0 aliphatic heterocycles. The van der Waals surface area contributed by atoms with Crippen LogP contribution < -0.4 is 10.1 Å². The maximum atomic E-state index is 14.1. The molecule has 112 valence electrons. The first-order valence-electron chi connectivity index (χ1n) is 6.67. The van der Waals surface area contributed by atoms with Gasteiger partial charge in [0.25, 0.3) is 0 Å². The first-order chi connectivity index (χ1) is 10.0. The number of para-hydroxylation sites is 1. The molecule has 0 saturated carbocycles. The Labute approximate surface area is 127 Å². The molecule has 1 unspecified atom stereocenters. The molecule has 0 amide bonds. The maximum absolute atomic E-state index is 14.1. The molecule has 0 aliphatic rings. The van der Waals surface area contributed by atoms with Crippen molar-refractivity contribution in [3.05, 3.63) is 58.6 Å². The molecular formula is C16H16ClF2NO. The number of nitrogens with one attached hydrogen (secondary N) is 1. The lowest BCUT2D eigenvalue weighted by atomic mass is 10.1. The lowest BCUT2D eigenvalue weighted by molar-refractivity contribution is 0.425. The first kappa shape index (κ1) is 15.7. The molecule has 21 heavy (non-hydrogen) atoms. The fourth-order valence-corrected chi connectivity index (χ4v) is 2.22. The van der Waals surface area contributed by atoms with Gasteiger partial charge in [0.2, 0.25) is 0 Å². The predicted molar refractivity (Wildman–Crippen MR) is 80.0 cm³/mol. The molecule has 2 rings (SSSR count). The van der Waals surface area contributed by atoms with Crippen LogP contribution in [0.4, 0.5) is 8.78 Å². The van der Waals surface area contributed by atoms with Gasteiger partial charge in [0.15, 0.2) is 11.6 Å². The molecule has 0 fully saturated rings. The van der Waals surface area contributed by atoms with Gasteiger partial charge in [-0.15, -0.1) is 0 Å². The van der Waals surface area contributed by atoms with E-state index in [4.69, 9.17) is 16.3 Å². The Bertz CT molecular complexity index is 634. The van der Waals surface area contributed by atoms with E-state index < -0.39 is 11.6 Å². The summed E-state index contributed by atoms with van der Waals surface area (Å²) >= 11 is 5.71. The van der Waals surface area contributed by atoms with Gasteiger partial charge >= 0.3 is 0 Å². The van der Waals surface area contributed by atoms with Crippen molar-refractivity contribution in [1.82, 2.24) is 5.32 Å². The van der Waals surface area contributed by atoms with Crippen LogP contribution in [-0.2, 0) is 0 Å². The van der Waals surface area contributed by atoms with Gasteiger partial charge in [-0.25, -0.2) is 8.78 Å². The minimum Gasteiger partial charge on any atom is -0.454 e. The third-order valence-electron chi connectivity index (χ3n) is 3.09. The Kier molecular flexibility index (Phi) is 5.15. The summed E-state index contributed by atoms with van der Waals surface area (Å²) in [7, 11) is 0. The molecule has 0 aliphatic carbocycles. The summed E-state index contributed by atoms with van der Waals surface area (Å²) in [6.07, 6.45) is 0. The standard InChI is InChI=1S/C16H16ClF2NO/c1-3-20-10(2)12-5-4-6-15(19)16(12)21-11-7-8-14(18)13(17)9-11/h4-10,20H,3H2,1-2H3. The van der Waals surface area contributed by atoms with Crippen molar-refractivity contribution >= 4 is 11.6 Å². The summed E-state index contributed by atoms with van der Waals surface area (Å²) < 4.78 is 32.8. The molecule has 0 spiro atoms. The number of halogens is 3. The third-order valence-corrected chi connectivity index (χ3v) is 3.37. The van der Waals surface area contributed by atoms with E-state index in [1.165, 1.54) is 24.3 Å². The third kappa shape index (κ3) is 3.71. The van der Waals surface area contributed by atoms with Crippen LogP contribution >= 0.6 is 11.6 Å². The molecule has 1 N–H and O–H groups in total. The summed E-state index contributed by atoms with van der Waals surface area (Å²) in [5.74, 6) is -0.610. The number of hydrogen-bond acceptors (Lipinski definition) is 2. The Morgan fingerprint density at radius 1 is 1.19 bits per heavy atom. The highest BCUT2D eigenvalue weighted by Crippen LogP contribution is 2.33. The van der Waals surface area contributed by atoms with E-state index in [1.807, 2.05) is 13.8 Å². The Hall–Kier alpha value is -1.65. The van der Waals surface area contributed by atoms with Gasteiger partial charge in [-0.05, 0) is 31.7 Å². The summed E-state index contributed by atoms with van der Waals surface area (Å²) in [6, 6.07) is 8.59. The second-order valence-electron chi connectivity index (χ2n) is 4.62. The van der Waals surface area contributed by atoms with Crippen LogP contribution in [-0.4, -0.2) is 6.54 Å². The van der Waals surface area contributed by atoms with Crippen LogP contribution in [0.5, 0.6) is 11.5 Å². The fourth-order valence-electron chi connectivity index (χ4n) is 2.05. The van der Waals surface area contributed by atoms with Crippen LogP contribution in [0.2, 0.25) is 5.02 Å². The molecule has 1 atom stereocenters. The van der Waals surface area contributed by atoms with Crippen molar-refractivity contribution in [2.75, 3.05) is 6.54 Å². The quantitative estimate of drug-likeness (QED) is 0.831. The Morgan fingerprint density at radius 3 is 2.62 bits per heavy atom. The lowest BCUT2D eigenvalue weighted by Gasteiger charge is -2.18. The second kappa shape index (κ2) is 6.87. The maximum Gasteiger partial charge on any atom is 0.167 e. The zero-order chi connectivity index (χ0) is 15.4. The monoisotopic (exact) mass is 311 g/mol. The minimum absolute atomic E-state index is 0.0647. The van der Waals surface area contributed by atoms with Gasteiger partial charge in [-0.3, -0.25) is 0 Å². The fraction of sp³-hybridized carbons (Fsp3) is 0.250. The highest BCUT2D eigenvalue weighted by molar-refractivity contribution is 6.30. The number of rotatable bonds is 5. The van der Waals surface area contributed by atoms with E-state index in [2.05, 4.69) is 5.32 Å². The van der Waals surface area contributed by atoms with E-state index in [0.29, 0.717) is 5.56 Å². The van der Waals surface area contributed by atoms with Crippen LogP contribution in [0.15, 0.2) is 36.4 Å². The summed E-state index contributed by atoms with van der Waals surface area (Å²) in [5.41, 5.74) is 0.692. The van der Waals surface area contributed by atoms with Crippen LogP contribution in [0.1, 0.15) is 25.5 Å². The molecule has 2 nitrogen and oxygen atoms in total. The average molecular weight is 312 g/mol. The predicted octanol–water partition coefficient (Wildman–Crippen LogP) is 5.08. The highest BCUT2D eigenvalue weighted by Gasteiger charge is 2.16. The molecule has 2 aromatic rings. The van der Waals surface area contributed by atoms with E-state index in [9.17, 15) is 8.78 Å². The van der Waals surface area contributed by atoms with Crippen molar-refractivity contribution in [3.63, 3.8) is 0 Å². The summed E-state index contributed by atoms with van der Waals surface area (Å²) in [4.78, 5) is 0.